The third kappa shape index (κ3) is 9.63. The van der Waals surface area contributed by atoms with Crippen molar-refractivity contribution in [3.63, 3.8) is 0 Å². The molecule has 52 heavy (non-hydrogen) atoms. The molecule has 4 aliphatic carbocycles. The summed E-state index contributed by atoms with van der Waals surface area (Å²) in [4.78, 5) is 30.2. The summed E-state index contributed by atoms with van der Waals surface area (Å²) < 4.78 is 72.1. The Morgan fingerprint density at radius 2 is 1.15 bits per heavy atom. The van der Waals surface area contributed by atoms with Gasteiger partial charge in [0.2, 0.25) is 26.1 Å². The maximum Gasteiger partial charge on any atom is 0.332 e. The van der Waals surface area contributed by atoms with Crippen LogP contribution in [0.15, 0.2) is 17.1 Å². The molecule has 2 fully saturated rings. The van der Waals surface area contributed by atoms with Crippen LogP contribution >= 0.6 is 0 Å². The van der Waals surface area contributed by atoms with E-state index < -0.39 is 38.4 Å². The topological polar surface area (TPSA) is 171 Å². The molecule has 2 aliphatic heterocycles. The Morgan fingerprint density at radius 1 is 0.731 bits per heavy atom. The Hall–Kier alpha value is -3.27. The van der Waals surface area contributed by atoms with E-state index in [4.69, 9.17) is 5.14 Å². The van der Waals surface area contributed by atoms with Gasteiger partial charge in [-0.25, -0.2) is 45.1 Å². The first kappa shape index (κ1) is 38.5. The van der Waals surface area contributed by atoms with Gasteiger partial charge in [0.1, 0.15) is 12.3 Å². The van der Waals surface area contributed by atoms with Gasteiger partial charge in [0.25, 0.3) is 0 Å². The minimum Gasteiger partial charge on any atom is -0.307 e. The van der Waals surface area contributed by atoms with Crippen LogP contribution in [0.3, 0.4) is 0 Å². The molecule has 12 nitrogen and oxygen atoms in total. The van der Waals surface area contributed by atoms with Gasteiger partial charge in [-0.05, 0) is 122 Å². The predicted octanol–water partition coefficient (Wildman–Crippen LogP) is 3.33. The van der Waals surface area contributed by atoms with Gasteiger partial charge in [-0.2, -0.15) is 4.99 Å². The Balaban J connectivity index is 0.000000150. The average Bonchev–Trinajstić information content (AvgIpc) is 3.87. The van der Waals surface area contributed by atoms with Gasteiger partial charge in [0.15, 0.2) is 0 Å². The maximum atomic E-state index is 12.8. The van der Waals surface area contributed by atoms with Crippen LogP contribution in [0.4, 0.5) is 25.0 Å². The van der Waals surface area contributed by atoms with Crippen molar-refractivity contribution >= 4 is 43.5 Å². The predicted molar refractivity (Wildman–Crippen MR) is 195 cm³/mol. The molecule has 2 aromatic rings. The molecule has 0 atom stereocenters. The van der Waals surface area contributed by atoms with Gasteiger partial charge in [0, 0.05) is 45.0 Å². The number of isocyanates is 1. The number of benzene rings is 2. The third-order valence-corrected chi connectivity index (χ3v) is 12.7. The molecule has 4 N–H and O–H groups in total. The number of anilines is 1. The molecule has 6 aliphatic rings. The Labute approximate surface area is 304 Å². The average molecular weight is 763 g/mol. The summed E-state index contributed by atoms with van der Waals surface area (Å²) in [7, 11) is -7.12. The van der Waals surface area contributed by atoms with Crippen LogP contribution < -0.4 is 15.2 Å². The van der Waals surface area contributed by atoms with Gasteiger partial charge in [-0.1, -0.05) is 12.1 Å². The van der Waals surface area contributed by atoms with E-state index in [0.29, 0.717) is 19.6 Å². The van der Waals surface area contributed by atoms with Gasteiger partial charge in [-0.3, -0.25) is 9.80 Å². The van der Waals surface area contributed by atoms with Crippen molar-refractivity contribution in [2.75, 3.05) is 56.1 Å². The van der Waals surface area contributed by atoms with Gasteiger partial charge >= 0.3 is 6.03 Å². The molecule has 0 spiro atoms. The number of carbonyl (C=O) groups is 1. The summed E-state index contributed by atoms with van der Waals surface area (Å²) >= 11 is 0. The smallest absolute Gasteiger partial charge is 0.307 e. The van der Waals surface area contributed by atoms with E-state index in [1.54, 1.807) is 15.9 Å². The number of alkyl halides is 2. The standard InChI is InChI=1S/C18H24FN3O3S.C13H13NO.C5H11FN2O2S/c19-14-10-22(11-14)7-8-26(24,25)21-18(23)20-17-15-5-1-3-12(15)9-13-4-2-6-16(13)17;15-8-14-13-11-5-1-3-9(11)7-10-4-2-6-12(10)13;6-5-3-8(4-5)1-2-11(7,9)10/h9,14H,1-8,10-11H2,(H2,20,21,23);7H,1-6H2;5H,1-4H2,(H2,7,9,10). The number of nitrogens with one attached hydrogen (secondary N) is 2. The van der Waals surface area contributed by atoms with Crippen LogP contribution in [0.5, 0.6) is 0 Å². The highest BCUT2D eigenvalue weighted by Gasteiger charge is 2.30. The summed E-state index contributed by atoms with van der Waals surface area (Å²) in [5, 5.41) is 7.57. The first-order valence-electron chi connectivity index (χ1n) is 18.2. The van der Waals surface area contributed by atoms with Crippen LogP contribution in [0.2, 0.25) is 0 Å². The van der Waals surface area contributed by atoms with Crippen molar-refractivity contribution in [3.8, 4) is 0 Å². The monoisotopic (exact) mass is 762 g/mol. The number of hydrogen-bond donors (Lipinski definition) is 3. The molecule has 2 saturated heterocycles. The normalized spacial score (nSPS) is 19.4. The summed E-state index contributed by atoms with van der Waals surface area (Å²) in [6.45, 7) is 1.80. The molecular formula is C36H48F2N6O6S2. The van der Waals surface area contributed by atoms with Gasteiger partial charge in [-0.15, -0.1) is 0 Å². The molecule has 0 bridgehead atoms. The van der Waals surface area contributed by atoms with Crippen molar-refractivity contribution in [1.29, 1.82) is 0 Å². The fraction of sp³-hybridized carbons (Fsp3) is 0.611. The Bertz CT molecular complexity index is 1880. The van der Waals surface area contributed by atoms with E-state index in [9.17, 15) is 35.2 Å². The molecular weight excluding hydrogens is 715 g/mol. The number of sulfonamides is 2. The minimum atomic E-state index is -3.74. The number of rotatable bonds is 9. The molecule has 0 radical (unpaired) electrons. The zero-order chi connectivity index (χ0) is 37.0. The molecule has 0 unspecified atom stereocenters. The molecule has 284 valence electrons. The SMILES string of the molecule is NS(=O)(=O)CCN1CC(F)C1.O=C(Nc1c2c(cc3c1CCC3)CCC2)NS(=O)(=O)CCN1CC(F)C1.O=C=Nc1c2c(cc3c1CCC3)CCC2. The number of aryl methyl sites for hydroxylation is 4. The lowest BCUT2D eigenvalue weighted by Gasteiger charge is -2.33. The zero-order valence-corrected chi connectivity index (χ0v) is 31.0. The number of likely N-dealkylation sites (tertiary alicyclic amines) is 2. The number of nitrogens with two attached hydrogens (primary N) is 1. The van der Waals surface area contributed by atoms with E-state index in [2.05, 4.69) is 27.2 Å². The van der Waals surface area contributed by atoms with Crippen molar-refractivity contribution in [2.24, 2.45) is 10.1 Å². The van der Waals surface area contributed by atoms with Crippen LogP contribution in [0, 0.1) is 0 Å². The maximum absolute atomic E-state index is 12.8. The van der Waals surface area contributed by atoms with Crippen molar-refractivity contribution in [3.05, 3.63) is 56.6 Å². The third-order valence-electron chi connectivity index (χ3n) is 10.8. The lowest BCUT2D eigenvalue weighted by Crippen LogP contribution is -2.50. The summed E-state index contributed by atoms with van der Waals surface area (Å²) in [5.41, 5.74) is 12.1. The second-order valence-electron chi connectivity index (χ2n) is 14.6. The number of aliphatic imine (C=N–C) groups is 1. The first-order valence-corrected chi connectivity index (χ1v) is 21.6. The van der Waals surface area contributed by atoms with Crippen LogP contribution in [0.25, 0.3) is 0 Å². The minimum absolute atomic E-state index is 0.0836. The largest absolute Gasteiger partial charge is 0.332 e. The highest BCUT2D eigenvalue weighted by Crippen LogP contribution is 2.40. The molecule has 16 heteroatoms. The number of primary sulfonamides is 1. The lowest BCUT2D eigenvalue weighted by atomic mass is 9.99. The van der Waals surface area contributed by atoms with E-state index in [0.717, 1.165) is 86.7 Å². The number of carbonyl (C=O) groups excluding carboxylic acids is 2. The first-order chi connectivity index (χ1) is 24.8. The van der Waals surface area contributed by atoms with Crippen molar-refractivity contribution in [1.82, 2.24) is 14.5 Å². The molecule has 2 heterocycles. The number of nitrogens with zero attached hydrogens (tertiary/aromatic N) is 3. The fourth-order valence-electron chi connectivity index (χ4n) is 8.15. The second-order valence-corrected chi connectivity index (χ2v) is 18.2. The van der Waals surface area contributed by atoms with Gasteiger partial charge in [0.05, 0.1) is 17.2 Å². The number of halogens is 2. The summed E-state index contributed by atoms with van der Waals surface area (Å²) in [5.74, 6) is -0.294. The highest BCUT2D eigenvalue weighted by molar-refractivity contribution is 7.90. The quantitative estimate of drug-likeness (QED) is 0.258. The fourth-order valence-corrected chi connectivity index (χ4v) is 9.60. The van der Waals surface area contributed by atoms with Crippen molar-refractivity contribution in [2.45, 2.75) is 89.4 Å². The molecule has 8 rings (SSSR count). The summed E-state index contributed by atoms with van der Waals surface area (Å²) in [6.07, 6.45) is 13.0. The molecule has 2 amide bonds. The number of hydrogen-bond acceptors (Lipinski definition) is 9. The van der Waals surface area contributed by atoms with E-state index in [-0.39, 0.29) is 31.1 Å². The Kier molecular flexibility index (Phi) is 12.1. The zero-order valence-electron chi connectivity index (χ0n) is 29.4. The molecule has 0 aromatic heterocycles. The molecule has 2 aromatic carbocycles. The number of amides is 2. The van der Waals surface area contributed by atoms with Crippen LogP contribution in [-0.2, 0) is 76.2 Å². The van der Waals surface area contributed by atoms with Crippen LogP contribution in [-0.4, -0.2) is 102 Å². The van der Waals surface area contributed by atoms with E-state index in [1.165, 1.54) is 46.2 Å². The molecule has 0 saturated carbocycles. The van der Waals surface area contributed by atoms with E-state index in [1.807, 2.05) is 0 Å². The van der Waals surface area contributed by atoms with Gasteiger partial charge < -0.3 is 5.32 Å². The lowest BCUT2D eigenvalue weighted by molar-refractivity contribution is 0.0717. The van der Waals surface area contributed by atoms with Crippen molar-refractivity contribution < 1.29 is 35.2 Å². The van der Waals surface area contributed by atoms with E-state index >= 15 is 0 Å². The second kappa shape index (κ2) is 16.4. The van der Waals surface area contributed by atoms with Crippen LogP contribution in [0.1, 0.15) is 70.2 Å². The Morgan fingerprint density at radius 3 is 1.58 bits per heavy atom. The number of urea groups is 1. The highest BCUT2D eigenvalue weighted by atomic mass is 32.2. The summed E-state index contributed by atoms with van der Waals surface area (Å²) in [6, 6.07) is 3.90. The number of fused-ring (bicyclic) bond motifs is 4.